The number of hydrogen-bond donors (Lipinski definition) is 3. The highest BCUT2D eigenvalue weighted by Crippen LogP contribution is 2.38. The zero-order chi connectivity index (χ0) is 14.4. The molecule has 1 aromatic carbocycles. The van der Waals surface area contributed by atoms with E-state index in [9.17, 15) is 19.8 Å². The highest BCUT2D eigenvalue weighted by molar-refractivity contribution is 5.85. The van der Waals surface area contributed by atoms with Gasteiger partial charge in [-0.15, -0.1) is 0 Å². The minimum absolute atomic E-state index is 0.136. The molecule has 0 aliphatic heterocycles. The van der Waals surface area contributed by atoms with Crippen molar-refractivity contribution in [2.24, 2.45) is 5.73 Å². The number of nitrogens with zero attached hydrogens (tertiary/aromatic N) is 1. The summed E-state index contributed by atoms with van der Waals surface area (Å²) in [6.07, 6.45) is 3.46. The van der Waals surface area contributed by atoms with E-state index in [4.69, 9.17) is 5.73 Å². The number of nitrogens with two attached hydrogens (primary N) is 1. The van der Waals surface area contributed by atoms with Crippen molar-refractivity contribution in [3.05, 3.63) is 34.1 Å². The number of hydrogen-bond acceptors (Lipinski definition) is 4. The second kappa shape index (κ2) is 4.26. The Balaban J connectivity index is 2.33. The van der Waals surface area contributed by atoms with Gasteiger partial charge in [0.25, 0.3) is 0 Å². The van der Waals surface area contributed by atoms with Crippen LogP contribution in [0.2, 0.25) is 0 Å². The third-order valence-corrected chi connectivity index (χ3v) is 3.51. The van der Waals surface area contributed by atoms with Gasteiger partial charge in [-0.3, -0.25) is 9.59 Å². The van der Waals surface area contributed by atoms with Crippen molar-refractivity contribution >= 4 is 16.8 Å². The predicted octanol–water partition coefficient (Wildman–Crippen LogP) is 0.775. The van der Waals surface area contributed by atoms with Crippen LogP contribution in [-0.4, -0.2) is 20.7 Å². The molecule has 1 saturated carbocycles. The molecule has 0 spiro atoms. The lowest BCUT2D eigenvalue weighted by Crippen LogP contribution is -2.21. The van der Waals surface area contributed by atoms with E-state index in [0.717, 1.165) is 12.8 Å². The first-order chi connectivity index (χ1) is 9.47. The number of benzene rings is 1. The second-order valence-electron chi connectivity index (χ2n) is 5.12. The van der Waals surface area contributed by atoms with Gasteiger partial charge >= 0.3 is 0 Å². The van der Waals surface area contributed by atoms with Crippen LogP contribution in [0.25, 0.3) is 10.9 Å². The minimum atomic E-state index is -0.577. The maximum Gasteiger partial charge on any atom is 0.222 e. The van der Waals surface area contributed by atoms with Gasteiger partial charge in [0.15, 0.2) is 16.9 Å². The molecule has 6 nitrogen and oxygen atoms in total. The summed E-state index contributed by atoms with van der Waals surface area (Å²) >= 11 is 0. The number of aromatic hydroxyl groups is 2. The van der Waals surface area contributed by atoms with Crippen LogP contribution in [0.5, 0.6) is 11.5 Å². The van der Waals surface area contributed by atoms with Gasteiger partial charge in [0.2, 0.25) is 5.91 Å². The highest BCUT2D eigenvalue weighted by atomic mass is 16.3. The van der Waals surface area contributed by atoms with Crippen molar-refractivity contribution in [1.82, 2.24) is 4.57 Å². The van der Waals surface area contributed by atoms with Crippen molar-refractivity contribution in [3.63, 3.8) is 0 Å². The van der Waals surface area contributed by atoms with Gasteiger partial charge < -0.3 is 20.5 Å². The summed E-state index contributed by atoms with van der Waals surface area (Å²) in [7, 11) is 0. The third-order valence-electron chi connectivity index (χ3n) is 3.51. The van der Waals surface area contributed by atoms with E-state index >= 15 is 0 Å². The van der Waals surface area contributed by atoms with E-state index in [-0.39, 0.29) is 34.8 Å². The molecule has 1 aliphatic carbocycles. The molecule has 0 bridgehead atoms. The molecule has 104 valence electrons. The van der Waals surface area contributed by atoms with Gasteiger partial charge in [0.1, 0.15) is 0 Å². The molecule has 1 aliphatic rings. The van der Waals surface area contributed by atoms with Crippen LogP contribution in [0, 0.1) is 0 Å². The molecule has 2 aromatic rings. The van der Waals surface area contributed by atoms with Crippen molar-refractivity contribution in [2.75, 3.05) is 0 Å². The summed E-state index contributed by atoms with van der Waals surface area (Å²) in [5.41, 5.74) is 5.68. The van der Waals surface area contributed by atoms with Gasteiger partial charge in [0.05, 0.1) is 11.9 Å². The molecule has 1 amide bonds. The van der Waals surface area contributed by atoms with Gasteiger partial charge in [-0.1, -0.05) is 0 Å². The summed E-state index contributed by atoms with van der Waals surface area (Å²) in [5, 5.41) is 19.5. The van der Waals surface area contributed by atoms with Gasteiger partial charge in [-0.05, 0) is 18.9 Å². The maximum atomic E-state index is 12.3. The Hall–Kier alpha value is -2.50. The Labute approximate surface area is 114 Å². The van der Waals surface area contributed by atoms with E-state index in [1.165, 1.54) is 12.1 Å². The fraction of sp³-hybridized carbons (Fsp3) is 0.286. The van der Waals surface area contributed by atoms with Gasteiger partial charge in [-0.25, -0.2) is 0 Å². The van der Waals surface area contributed by atoms with E-state index < -0.39 is 5.91 Å². The van der Waals surface area contributed by atoms with Crippen LogP contribution < -0.4 is 11.2 Å². The zero-order valence-corrected chi connectivity index (χ0v) is 10.7. The molecule has 0 atom stereocenters. The average molecular weight is 274 g/mol. The third kappa shape index (κ3) is 1.99. The largest absolute Gasteiger partial charge is 0.504 e. The SMILES string of the molecule is NC(=O)Cc1cn(C2CC2)c2cc(O)c(O)cc2c1=O. The normalized spacial score (nSPS) is 14.6. The topological polar surface area (TPSA) is 106 Å². The maximum absolute atomic E-state index is 12.3. The highest BCUT2D eigenvalue weighted by Gasteiger charge is 2.26. The molecular formula is C14H14N2O4. The molecule has 1 aromatic heterocycles. The van der Waals surface area contributed by atoms with Crippen molar-refractivity contribution < 1.29 is 15.0 Å². The smallest absolute Gasteiger partial charge is 0.222 e. The zero-order valence-electron chi connectivity index (χ0n) is 10.7. The van der Waals surface area contributed by atoms with E-state index in [1.807, 2.05) is 4.57 Å². The van der Waals surface area contributed by atoms with Crippen LogP contribution in [0.4, 0.5) is 0 Å². The number of amides is 1. The predicted molar refractivity (Wildman–Crippen MR) is 72.7 cm³/mol. The summed E-state index contributed by atoms with van der Waals surface area (Å²) < 4.78 is 1.87. The quantitative estimate of drug-likeness (QED) is 0.719. The first-order valence-corrected chi connectivity index (χ1v) is 6.35. The van der Waals surface area contributed by atoms with Crippen molar-refractivity contribution in [1.29, 1.82) is 0 Å². The van der Waals surface area contributed by atoms with E-state index in [0.29, 0.717) is 11.1 Å². The van der Waals surface area contributed by atoms with Crippen molar-refractivity contribution in [2.45, 2.75) is 25.3 Å². The Morgan fingerprint density at radius 2 is 1.95 bits per heavy atom. The summed E-state index contributed by atoms with van der Waals surface area (Å²) in [4.78, 5) is 23.4. The number of carbonyl (C=O) groups is 1. The molecular weight excluding hydrogens is 260 g/mol. The molecule has 0 saturated heterocycles. The lowest BCUT2D eigenvalue weighted by atomic mass is 10.1. The fourth-order valence-corrected chi connectivity index (χ4v) is 2.40. The summed E-state index contributed by atoms with van der Waals surface area (Å²) in [6, 6.07) is 2.86. The van der Waals surface area contributed by atoms with Crippen LogP contribution in [-0.2, 0) is 11.2 Å². The van der Waals surface area contributed by atoms with Crippen LogP contribution >= 0.6 is 0 Å². The molecule has 3 rings (SSSR count). The van der Waals surface area contributed by atoms with Gasteiger partial charge in [0, 0.05) is 29.3 Å². The minimum Gasteiger partial charge on any atom is -0.504 e. The molecule has 0 radical (unpaired) electrons. The standard InChI is InChI=1S/C14H14N2O4/c15-13(19)3-7-6-16(8-1-2-8)10-5-12(18)11(17)4-9(10)14(7)20/h4-6,8,17-18H,1-3H2,(H2,15,19). The number of rotatable bonds is 3. The average Bonchev–Trinajstić information content (AvgIpc) is 3.19. The monoisotopic (exact) mass is 274 g/mol. The molecule has 4 N–H and O–H groups in total. The molecule has 1 heterocycles. The Kier molecular flexibility index (Phi) is 2.67. The molecule has 20 heavy (non-hydrogen) atoms. The van der Waals surface area contributed by atoms with Crippen molar-refractivity contribution in [3.8, 4) is 11.5 Å². The van der Waals surface area contributed by atoms with Gasteiger partial charge in [-0.2, -0.15) is 0 Å². The van der Waals surface area contributed by atoms with Crippen LogP contribution in [0.3, 0.4) is 0 Å². The first-order valence-electron chi connectivity index (χ1n) is 6.35. The lowest BCUT2D eigenvalue weighted by Gasteiger charge is -2.13. The number of fused-ring (bicyclic) bond motifs is 1. The Morgan fingerprint density at radius 3 is 2.55 bits per heavy atom. The number of phenols is 2. The summed E-state index contributed by atoms with van der Waals surface area (Å²) in [6.45, 7) is 0. The van der Waals surface area contributed by atoms with Crippen LogP contribution in [0.1, 0.15) is 24.4 Å². The second-order valence-corrected chi connectivity index (χ2v) is 5.12. The number of aromatic nitrogens is 1. The number of phenolic OH excluding ortho intramolecular Hbond substituents is 2. The summed E-state index contributed by atoms with van der Waals surface area (Å²) in [5.74, 6) is -1.20. The molecule has 6 heteroatoms. The number of pyridine rings is 1. The molecule has 0 unspecified atom stereocenters. The van der Waals surface area contributed by atoms with E-state index in [1.54, 1.807) is 6.20 Å². The fourth-order valence-electron chi connectivity index (χ4n) is 2.40. The first kappa shape index (κ1) is 12.5. The molecule has 1 fully saturated rings. The van der Waals surface area contributed by atoms with Crippen LogP contribution in [0.15, 0.2) is 23.1 Å². The van der Waals surface area contributed by atoms with E-state index in [2.05, 4.69) is 0 Å². The number of primary amides is 1. The number of carbonyl (C=O) groups excluding carboxylic acids is 1. The Bertz CT molecular complexity index is 775. The Morgan fingerprint density at radius 1 is 1.30 bits per heavy atom. The lowest BCUT2D eigenvalue weighted by molar-refractivity contribution is -0.117.